The number of benzene rings is 2. The van der Waals surface area contributed by atoms with Crippen LogP contribution in [0.3, 0.4) is 0 Å². The maximum Gasteiger partial charge on any atom is 0.265 e. The molecule has 132 valence electrons. The van der Waals surface area contributed by atoms with Crippen LogP contribution in [0.2, 0.25) is 5.02 Å². The van der Waals surface area contributed by atoms with E-state index in [-0.39, 0.29) is 4.90 Å². The summed E-state index contributed by atoms with van der Waals surface area (Å²) in [7, 11) is -3.83. The smallest absolute Gasteiger partial charge is 0.265 e. The van der Waals surface area contributed by atoms with E-state index in [2.05, 4.69) is 9.82 Å². The van der Waals surface area contributed by atoms with E-state index in [9.17, 15) is 8.42 Å². The zero-order chi connectivity index (χ0) is 18.9. The van der Waals surface area contributed by atoms with E-state index in [0.29, 0.717) is 27.7 Å². The summed E-state index contributed by atoms with van der Waals surface area (Å²) in [6.07, 6.45) is 0. The second-order valence-electron chi connectivity index (χ2n) is 5.68. The second kappa shape index (κ2) is 6.83. The van der Waals surface area contributed by atoms with Crippen molar-refractivity contribution in [1.82, 2.24) is 9.78 Å². The van der Waals surface area contributed by atoms with Crippen LogP contribution in [-0.4, -0.2) is 18.2 Å². The van der Waals surface area contributed by atoms with Crippen LogP contribution >= 0.6 is 11.6 Å². The fourth-order valence-electron chi connectivity index (χ4n) is 2.67. The van der Waals surface area contributed by atoms with E-state index in [1.807, 2.05) is 6.07 Å². The van der Waals surface area contributed by atoms with Crippen LogP contribution < -0.4 is 4.72 Å². The Labute approximate surface area is 156 Å². The molecule has 1 aromatic heterocycles. The van der Waals surface area contributed by atoms with Crippen molar-refractivity contribution in [2.45, 2.75) is 18.7 Å². The molecule has 0 aliphatic carbocycles. The molecule has 0 unspecified atom stereocenters. The van der Waals surface area contributed by atoms with Crippen LogP contribution in [0.5, 0.6) is 0 Å². The first-order valence-electron chi connectivity index (χ1n) is 7.67. The zero-order valence-electron chi connectivity index (χ0n) is 14.1. The van der Waals surface area contributed by atoms with Crippen LogP contribution in [0.1, 0.15) is 17.0 Å². The van der Waals surface area contributed by atoms with Crippen molar-refractivity contribution in [3.8, 4) is 11.8 Å². The van der Waals surface area contributed by atoms with Gasteiger partial charge in [0, 0.05) is 10.7 Å². The molecule has 6 nitrogen and oxygen atoms in total. The van der Waals surface area contributed by atoms with Crippen molar-refractivity contribution < 1.29 is 8.42 Å². The van der Waals surface area contributed by atoms with Gasteiger partial charge in [-0.1, -0.05) is 11.6 Å². The summed E-state index contributed by atoms with van der Waals surface area (Å²) in [5.74, 6) is 0. The summed E-state index contributed by atoms with van der Waals surface area (Å²) < 4.78 is 29.8. The van der Waals surface area contributed by atoms with E-state index in [0.717, 1.165) is 5.69 Å². The number of rotatable bonds is 4. The Morgan fingerprint density at radius 3 is 2.27 bits per heavy atom. The first kappa shape index (κ1) is 18.0. The van der Waals surface area contributed by atoms with Crippen molar-refractivity contribution in [3.63, 3.8) is 0 Å². The van der Waals surface area contributed by atoms with Crippen LogP contribution in [0.15, 0.2) is 53.4 Å². The molecule has 0 aliphatic rings. The van der Waals surface area contributed by atoms with E-state index >= 15 is 0 Å². The molecule has 0 saturated carbocycles. The maximum atomic E-state index is 12.8. The highest BCUT2D eigenvalue weighted by molar-refractivity contribution is 7.92. The summed E-state index contributed by atoms with van der Waals surface area (Å²) in [5, 5.41) is 13.8. The number of aryl methyl sites for hydroxylation is 1. The van der Waals surface area contributed by atoms with Gasteiger partial charge in [0.05, 0.1) is 28.7 Å². The zero-order valence-corrected chi connectivity index (χ0v) is 15.6. The third-order valence-corrected chi connectivity index (χ3v) is 5.72. The van der Waals surface area contributed by atoms with Crippen LogP contribution in [0.25, 0.3) is 5.69 Å². The highest BCUT2D eigenvalue weighted by Crippen LogP contribution is 2.25. The third kappa shape index (κ3) is 3.43. The average molecular weight is 387 g/mol. The second-order valence-corrected chi connectivity index (χ2v) is 7.74. The number of nitrogens with zero attached hydrogens (tertiary/aromatic N) is 3. The SMILES string of the molecule is Cc1nn(-c2ccc(Cl)cc2)c(C)c1S(=O)(=O)Nc1ccc(C#N)cc1. The Hall–Kier alpha value is -2.82. The lowest BCUT2D eigenvalue weighted by molar-refractivity contribution is 0.600. The molecular weight excluding hydrogens is 372 g/mol. The molecule has 26 heavy (non-hydrogen) atoms. The molecule has 0 saturated heterocycles. The van der Waals surface area contributed by atoms with Crippen LogP contribution in [0.4, 0.5) is 5.69 Å². The van der Waals surface area contributed by atoms with Gasteiger partial charge in [-0.3, -0.25) is 4.72 Å². The summed E-state index contributed by atoms with van der Waals surface area (Å²) >= 11 is 5.90. The van der Waals surface area contributed by atoms with Gasteiger partial charge in [0.15, 0.2) is 0 Å². The van der Waals surface area contributed by atoms with Gasteiger partial charge in [0.1, 0.15) is 4.90 Å². The van der Waals surface area contributed by atoms with Gasteiger partial charge >= 0.3 is 0 Å². The van der Waals surface area contributed by atoms with Crippen molar-refractivity contribution in [3.05, 3.63) is 70.5 Å². The Morgan fingerprint density at radius 1 is 1.08 bits per heavy atom. The van der Waals surface area contributed by atoms with Crippen molar-refractivity contribution in [1.29, 1.82) is 5.26 Å². The van der Waals surface area contributed by atoms with Gasteiger partial charge in [0.25, 0.3) is 10.0 Å². The first-order chi connectivity index (χ1) is 12.3. The summed E-state index contributed by atoms with van der Waals surface area (Å²) in [6.45, 7) is 3.34. The van der Waals surface area contributed by atoms with Crippen molar-refractivity contribution in [2.75, 3.05) is 4.72 Å². The third-order valence-electron chi connectivity index (χ3n) is 3.83. The molecule has 0 spiro atoms. The van der Waals surface area contributed by atoms with Crippen molar-refractivity contribution in [2.24, 2.45) is 0 Å². The van der Waals surface area contributed by atoms with Gasteiger partial charge in [-0.25, -0.2) is 13.1 Å². The normalized spacial score (nSPS) is 11.2. The number of nitrogens with one attached hydrogen (secondary N) is 1. The Bertz CT molecular complexity index is 1100. The Morgan fingerprint density at radius 2 is 1.69 bits per heavy atom. The highest BCUT2D eigenvalue weighted by Gasteiger charge is 2.25. The minimum atomic E-state index is -3.83. The molecule has 0 radical (unpaired) electrons. The number of aromatic nitrogens is 2. The minimum absolute atomic E-state index is 0.122. The quantitative estimate of drug-likeness (QED) is 0.738. The summed E-state index contributed by atoms with van der Waals surface area (Å²) in [6, 6.07) is 15.2. The lowest BCUT2D eigenvalue weighted by Crippen LogP contribution is -2.15. The van der Waals surface area contributed by atoms with E-state index < -0.39 is 10.0 Å². The topological polar surface area (TPSA) is 87.8 Å². The lowest BCUT2D eigenvalue weighted by atomic mass is 10.2. The fourth-order valence-corrected chi connectivity index (χ4v) is 4.25. The molecule has 0 atom stereocenters. The van der Waals surface area contributed by atoms with Gasteiger partial charge in [-0.05, 0) is 62.4 Å². The molecule has 0 bridgehead atoms. The predicted molar refractivity (Wildman–Crippen MR) is 100 cm³/mol. The molecule has 0 amide bonds. The number of hydrogen-bond acceptors (Lipinski definition) is 4. The predicted octanol–water partition coefficient (Wildman–Crippen LogP) is 3.82. The van der Waals surface area contributed by atoms with Crippen LogP contribution in [0, 0.1) is 25.2 Å². The minimum Gasteiger partial charge on any atom is -0.280 e. The lowest BCUT2D eigenvalue weighted by Gasteiger charge is -2.09. The van der Waals surface area contributed by atoms with Gasteiger partial charge in [0.2, 0.25) is 0 Å². The number of sulfonamides is 1. The number of halogens is 1. The molecular formula is C18H15ClN4O2S. The molecule has 3 rings (SSSR count). The molecule has 1 N–H and O–H groups in total. The number of nitriles is 1. The Balaban J connectivity index is 1.99. The molecule has 8 heteroatoms. The molecule has 0 aliphatic heterocycles. The molecule has 1 heterocycles. The standard InChI is InChI=1S/C18H15ClN4O2S/c1-12-18(13(2)23(21-12)17-9-5-15(19)6-10-17)26(24,25)22-16-7-3-14(11-20)4-8-16/h3-10,22H,1-2H3. The molecule has 0 fully saturated rings. The monoisotopic (exact) mass is 386 g/mol. The molecule has 3 aromatic rings. The van der Waals surface area contributed by atoms with E-state index in [4.69, 9.17) is 16.9 Å². The van der Waals surface area contributed by atoms with E-state index in [1.54, 1.807) is 67.1 Å². The fraction of sp³-hybridized carbons (Fsp3) is 0.111. The van der Waals surface area contributed by atoms with E-state index in [1.165, 1.54) is 0 Å². The average Bonchev–Trinajstić information content (AvgIpc) is 2.91. The van der Waals surface area contributed by atoms with Crippen molar-refractivity contribution >= 4 is 27.3 Å². The maximum absolute atomic E-state index is 12.8. The number of hydrogen-bond donors (Lipinski definition) is 1. The van der Waals surface area contributed by atoms with Crippen LogP contribution in [-0.2, 0) is 10.0 Å². The largest absolute Gasteiger partial charge is 0.280 e. The molecule has 2 aromatic carbocycles. The first-order valence-corrected chi connectivity index (χ1v) is 9.53. The van der Waals surface area contributed by atoms with Gasteiger partial charge < -0.3 is 0 Å². The Kier molecular flexibility index (Phi) is 4.72. The highest BCUT2D eigenvalue weighted by atomic mass is 35.5. The summed E-state index contributed by atoms with van der Waals surface area (Å²) in [4.78, 5) is 0.122. The summed E-state index contributed by atoms with van der Waals surface area (Å²) in [5.41, 5.74) is 2.43. The number of anilines is 1. The van der Waals surface area contributed by atoms with Gasteiger partial charge in [-0.15, -0.1) is 0 Å². The van der Waals surface area contributed by atoms with Gasteiger partial charge in [-0.2, -0.15) is 10.4 Å².